The predicted octanol–water partition coefficient (Wildman–Crippen LogP) is 3.77. The van der Waals surface area contributed by atoms with E-state index in [0.29, 0.717) is 0 Å². The van der Waals surface area contributed by atoms with Gasteiger partial charge in [-0.1, -0.05) is 5.16 Å². The minimum Gasteiger partial charge on any atom is -0.457 e. The summed E-state index contributed by atoms with van der Waals surface area (Å²) in [6.07, 6.45) is 1.30. The molecule has 1 aromatic heterocycles. The van der Waals surface area contributed by atoms with Crippen LogP contribution in [0.25, 0.3) is 0 Å². The molecule has 126 valence electrons. The molecular formula is C16H10FN3O5. The Morgan fingerprint density at radius 3 is 2.56 bits per heavy atom. The molecule has 2 aromatic carbocycles. The van der Waals surface area contributed by atoms with Crippen LogP contribution in [0.3, 0.4) is 0 Å². The first-order valence-electron chi connectivity index (χ1n) is 6.96. The van der Waals surface area contributed by atoms with Gasteiger partial charge >= 0.3 is 0 Å². The van der Waals surface area contributed by atoms with Crippen LogP contribution in [0, 0.1) is 15.9 Å². The smallest absolute Gasteiger partial charge is 0.294 e. The molecule has 0 spiro atoms. The summed E-state index contributed by atoms with van der Waals surface area (Å²) in [4.78, 5) is 22.4. The monoisotopic (exact) mass is 343 g/mol. The first kappa shape index (κ1) is 16.1. The fourth-order valence-corrected chi connectivity index (χ4v) is 1.98. The van der Waals surface area contributed by atoms with E-state index < -0.39 is 16.6 Å². The molecule has 0 unspecified atom stereocenters. The van der Waals surface area contributed by atoms with Crippen LogP contribution in [-0.4, -0.2) is 16.0 Å². The number of benzene rings is 2. The average Bonchev–Trinajstić information content (AvgIpc) is 3.11. The van der Waals surface area contributed by atoms with E-state index in [1.807, 2.05) is 0 Å². The van der Waals surface area contributed by atoms with Gasteiger partial charge in [-0.25, -0.2) is 4.39 Å². The largest absolute Gasteiger partial charge is 0.457 e. The van der Waals surface area contributed by atoms with Crippen molar-refractivity contribution in [2.45, 2.75) is 0 Å². The van der Waals surface area contributed by atoms with Crippen molar-refractivity contribution in [1.29, 1.82) is 0 Å². The first-order valence-corrected chi connectivity index (χ1v) is 6.96. The Balaban J connectivity index is 1.87. The minimum atomic E-state index is -0.623. The van der Waals surface area contributed by atoms with Gasteiger partial charge in [-0.3, -0.25) is 14.9 Å². The number of halogens is 1. The molecule has 8 nitrogen and oxygen atoms in total. The molecule has 0 aliphatic heterocycles. The highest BCUT2D eigenvalue weighted by atomic mass is 19.1. The fraction of sp³-hybridized carbons (Fsp3) is 0. The highest BCUT2D eigenvalue weighted by molar-refractivity contribution is 6.02. The summed E-state index contributed by atoms with van der Waals surface area (Å²) in [7, 11) is 0. The first-order chi connectivity index (χ1) is 12.0. The molecule has 0 fully saturated rings. The van der Waals surface area contributed by atoms with Gasteiger partial charge in [0.15, 0.2) is 0 Å². The van der Waals surface area contributed by atoms with Crippen molar-refractivity contribution in [1.82, 2.24) is 5.16 Å². The lowest BCUT2D eigenvalue weighted by Gasteiger charge is -2.08. The number of carbonyl (C=O) groups excluding carboxylic acids is 1. The van der Waals surface area contributed by atoms with E-state index in [1.165, 1.54) is 54.7 Å². The third-order valence-corrected chi connectivity index (χ3v) is 3.07. The Bertz CT molecular complexity index is 910. The van der Waals surface area contributed by atoms with Crippen LogP contribution in [0.2, 0.25) is 0 Å². The molecule has 0 aliphatic rings. The third-order valence-electron chi connectivity index (χ3n) is 3.07. The van der Waals surface area contributed by atoms with E-state index in [0.717, 1.165) is 0 Å². The predicted molar refractivity (Wildman–Crippen MR) is 84.0 cm³/mol. The van der Waals surface area contributed by atoms with Crippen molar-refractivity contribution in [3.8, 4) is 11.5 Å². The zero-order valence-electron chi connectivity index (χ0n) is 12.5. The molecule has 1 amide bonds. The second kappa shape index (κ2) is 6.79. The van der Waals surface area contributed by atoms with Crippen molar-refractivity contribution < 1.29 is 23.4 Å². The molecule has 3 aromatic rings. The van der Waals surface area contributed by atoms with Gasteiger partial charge in [-0.05, 0) is 24.3 Å². The van der Waals surface area contributed by atoms with Crippen molar-refractivity contribution >= 4 is 17.3 Å². The van der Waals surface area contributed by atoms with Gasteiger partial charge in [-0.15, -0.1) is 0 Å². The van der Waals surface area contributed by atoms with E-state index in [1.54, 1.807) is 0 Å². The number of nitrogens with zero attached hydrogens (tertiary/aromatic N) is 2. The van der Waals surface area contributed by atoms with E-state index in [4.69, 9.17) is 9.26 Å². The van der Waals surface area contributed by atoms with Gasteiger partial charge in [0.1, 0.15) is 17.3 Å². The number of anilines is 1. The van der Waals surface area contributed by atoms with Crippen molar-refractivity contribution in [2.75, 3.05) is 5.32 Å². The molecule has 0 radical (unpaired) electrons. The summed E-state index contributed by atoms with van der Waals surface area (Å²) < 4.78 is 23.1. The Kier molecular flexibility index (Phi) is 4.38. The highest BCUT2D eigenvalue weighted by Crippen LogP contribution is 2.30. The summed E-state index contributed by atoms with van der Waals surface area (Å²) in [5, 5.41) is 16.9. The van der Waals surface area contributed by atoms with Crippen LogP contribution < -0.4 is 10.1 Å². The SMILES string of the molecule is O=C(Nc1cc(Oc2ccc(F)cc2)cc([N+](=O)[O-])c1)c1ccno1. The van der Waals surface area contributed by atoms with Crippen molar-refractivity contribution in [2.24, 2.45) is 0 Å². The summed E-state index contributed by atoms with van der Waals surface area (Å²) in [6.45, 7) is 0. The quantitative estimate of drug-likeness (QED) is 0.558. The molecule has 0 aliphatic carbocycles. The molecule has 1 heterocycles. The second-order valence-corrected chi connectivity index (χ2v) is 4.86. The Hall–Kier alpha value is -3.75. The third kappa shape index (κ3) is 3.96. The summed E-state index contributed by atoms with van der Waals surface area (Å²) in [5.41, 5.74) is -0.153. The summed E-state index contributed by atoms with van der Waals surface area (Å²) in [6, 6.07) is 10.2. The zero-order chi connectivity index (χ0) is 17.8. The van der Waals surface area contributed by atoms with E-state index >= 15 is 0 Å². The summed E-state index contributed by atoms with van der Waals surface area (Å²) in [5.74, 6) is -0.715. The Morgan fingerprint density at radius 1 is 1.16 bits per heavy atom. The van der Waals surface area contributed by atoms with Crippen LogP contribution in [0.4, 0.5) is 15.8 Å². The van der Waals surface area contributed by atoms with Gasteiger partial charge in [0.2, 0.25) is 5.76 Å². The molecule has 1 N–H and O–H groups in total. The standard InChI is InChI=1S/C16H10FN3O5/c17-10-1-3-13(4-2-10)24-14-8-11(7-12(9-14)20(22)23)19-16(21)15-5-6-18-25-15/h1-9H,(H,19,21). The number of hydrogen-bond donors (Lipinski definition) is 1. The van der Waals surface area contributed by atoms with Crippen LogP contribution in [0.1, 0.15) is 10.6 Å². The van der Waals surface area contributed by atoms with Gasteiger partial charge < -0.3 is 14.6 Å². The Morgan fingerprint density at radius 2 is 1.92 bits per heavy atom. The topological polar surface area (TPSA) is 108 Å². The Labute approximate surface area is 140 Å². The van der Waals surface area contributed by atoms with Gasteiger partial charge in [-0.2, -0.15) is 0 Å². The maximum absolute atomic E-state index is 12.9. The molecule has 0 atom stereocenters. The van der Waals surface area contributed by atoms with E-state index in [-0.39, 0.29) is 28.6 Å². The number of nitro groups is 1. The highest BCUT2D eigenvalue weighted by Gasteiger charge is 2.15. The average molecular weight is 343 g/mol. The van der Waals surface area contributed by atoms with Crippen LogP contribution in [0.5, 0.6) is 11.5 Å². The van der Waals surface area contributed by atoms with E-state index in [9.17, 15) is 19.3 Å². The summed E-state index contributed by atoms with van der Waals surface area (Å²) >= 11 is 0. The molecule has 0 saturated heterocycles. The van der Waals surface area contributed by atoms with Crippen LogP contribution in [0.15, 0.2) is 59.3 Å². The van der Waals surface area contributed by atoms with Gasteiger partial charge in [0, 0.05) is 18.2 Å². The maximum atomic E-state index is 12.9. The zero-order valence-corrected chi connectivity index (χ0v) is 12.5. The van der Waals surface area contributed by atoms with Gasteiger partial charge in [0.25, 0.3) is 11.6 Å². The molecule has 25 heavy (non-hydrogen) atoms. The fourth-order valence-electron chi connectivity index (χ4n) is 1.98. The van der Waals surface area contributed by atoms with Gasteiger partial charge in [0.05, 0.1) is 22.9 Å². The lowest BCUT2D eigenvalue weighted by Crippen LogP contribution is -2.11. The lowest BCUT2D eigenvalue weighted by molar-refractivity contribution is -0.384. The van der Waals surface area contributed by atoms with Crippen LogP contribution >= 0.6 is 0 Å². The number of hydrogen-bond acceptors (Lipinski definition) is 6. The molecule has 3 rings (SSSR count). The molecule has 0 saturated carbocycles. The number of aromatic nitrogens is 1. The number of carbonyl (C=O) groups is 1. The lowest BCUT2D eigenvalue weighted by atomic mass is 10.2. The molecular weight excluding hydrogens is 333 g/mol. The van der Waals surface area contributed by atoms with Crippen molar-refractivity contribution in [3.63, 3.8) is 0 Å². The maximum Gasteiger partial charge on any atom is 0.294 e. The second-order valence-electron chi connectivity index (χ2n) is 4.86. The number of amides is 1. The number of non-ortho nitro benzene ring substituents is 1. The number of ether oxygens (including phenoxy) is 1. The van der Waals surface area contributed by atoms with Crippen LogP contribution in [-0.2, 0) is 0 Å². The molecule has 0 bridgehead atoms. The van der Waals surface area contributed by atoms with E-state index in [2.05, 4.69) is 10.5 Å². The molecule has 9 heteroatoms. The minimum absolute atomic E-state index is 0.0486. The number of nitro benzene ring substituents is 1. The van der Waals surface area contributed by atoms with Crippen molar-refractivity contribution in [3.05, 3.63) is 76.4 Å². The normalized spacial score (nSPS) is 10.3. The number of rotatable bonds is 5. The number of nitrogens with one attached hydrogen (secondary N) is 1.